The highest BCUT2D eigenvalue weighted by molar-refractivity contribution is 9.10. The molecule has 0 aromatic heterocycles. The van der Waals surface area contributed by atoms with Gasteiger partial charge in [0.2, 0.25) is 0 Å². The van der Waals surface area contributed by atoms with Crippen LogP contribution in [0.2, 0.25) is 0 Å². The van der Waals surface area contributed by atoms with Crippen molar-refractivity contribution in [3.05, 3.63) is 34.1 Å². The summed E-state index contributed by atoms with van der Waals surface area (Å²) in [4.78, 5) is 12.1. The molecule has 0 fully saturated rings. The van der Waals surface area contributed by atoms with E-state index < -0.39 is 11.4 Å². The fourth-order valence-electron chi connectivity index (χ4n) is 1.57. The minimum absolute atomic E-state index is 0.318. The summed E-state index contributed by atoms with van der Waals surface area (Å²) in [6.07, 6.45) is 1.04. The summed E-state index contributed by atoms with van der Waals surface area (Å²) < 4.78 is 13.3. The zero-order valence-electron chi connectivity index (χ0n) is 10.3. The monoisotopic (exact) mass is 312 g/mol. The summed E-state index contributed by atoms with van der Waals surface area (Å²) >= 11 is 3.14. The van der Waals surface area contributed by atoms with Crippen LogP contribution < -0.4 is 5.32 Å². The normalized spacial score (nSPS) is 10.8. The first kappa shape index (κ1) is 14.7. The van der Waals surface area contributed by atoms with Gasteiger partial charge in [0, 0.05) is 4.47 Å². The standard InChI is InChI=1S/C13H14BrFN2O/c1-3-13(4-2,8-16)17-12(18)10-6-5-9(15)7-11(10)14/h5-7H,3-4H2,1-2H3,(H,17,18). The van der Waals surface area contributed by atoms with Crippen LogP contribution in [0.25, 0.3) is 0 Å². The van der Waals surface area contributed by atoms with Gasteiger partial charge in [-0.25, -0.2) is 4.39 Å². The lowest BCUT2D eigenvalue weighted by Crippen LogP contribution is -2.46. The van der Waals surface area contributed by atoms with Crippen LogP contribution in [0.3, 0.4) is 0 Å². The largest absolute Gasteiger partial charge is 0.334 e. The van der Waals surface area contributed by atoms with Crippen LogP contribution in [0.5, 0.6) is 0 Å². The number of hydrogen-bond donors (Lipinski definition) is 1. The first-order valence-corrected chi connectivity index (χ1v) is 6.46. The number of rotatable bonds is 4. The molecule has 0 saturated heterocycles. The molecule has 0 aliphatic carbocycles. The van der Waals surface area contributed by atoms with Crippen molar-refractivity contribution in [3.63, 3.8) is 0 Å². The molecular formula is C13H14BrFN2O. The lowest BCUT2D eigenvalue weighted by molar-refractivity contribution is 0.0914. The van der Waals surface area contributed by atoms with E-state index in [4.69, 9.17) is 5.26 Å². The van der Waals surface area contributed by atoms with Gasteiger partial charge in [-0.2, -0.15) is 5.26 Å². The molecule has 1 aromatic carbocycles. The molecule has 0 saturated carbocycles. The molecule has 0 spiro atoms. The molecule has 18 heavy (non-hydrogen) atoms. The van der Waals surface area contributed by atoms with Crippen LogP contribution in [0.4, 0.5) is 4.39 Å². The molecule has 3 nitrogen and oxygen atoms in total. The van der Waals surface area contributed by atoms with Crippen molar-refractivity contribution in [2.24, 2.45) is 0 Å². The SMILES string of the molecule is CCC(C#N)(CC)NC(=O)c1ccc(F)cc1Br. The van der Waals surface area contributed by atoms with Crippen molar-refractivity contribution in [2.45, 2.75) is 32.2 Å². The second-order valence-corrected chi connectivity index (χ2v) is 4.83. The summed E-state index contributed by atoms with van der Waals surface area (Å²) in [6.45, 7) is 3.68. The molecule has 0 aliphatic heterocycles. The van der Waals surface area contributed by atoms with E-state index in [0.29, 0.717) is 22.9 Å². The third-order valence-electron chi connectivity index (χ3n) is 2.95. The third-order valence-corrected chi connectivity index (χ3v) is 3.61. The predicted molar refractivity (Wildman–Crippen MR) is 70.5 cm³/mol. The van der Waals surface area contributed by atoms with Gasteiger partial charge in [0.15, 0.2) is 0 Å². The van der Waals surface area contributed by atoms with Gasteiger partial charge < -0.3 is 5.32 Å². The second kappa shape index (κ2) is 5.96. The van der Waals surface area contributed by atoms with Crippen LogP contribution in [-0.4, -0.2) is 11.4 Å². The molecule has 1 aromatic rings. The van der Waals surface area contributed by atoms with E-state index in [2.05, 4.69) is 27.3 Å². The number of hydrogen-bond acceptors (Lipinski definition) is 2. The van der Waals surface area contributed by atoms with Crippen molar-refractivity contribution in [3.8, 4) is 6.07 Å². The van der Waals surface area contributed by atoms with Crippen molar-refractivity contribution < 1.29 is 9.18 Å². The lowest BCUT2D eigenvalue weighted by Gasteiger charge is -2.25. The molecule has 0 radical (unpaired) electrons. The Morgan fingerprint density at radius 3 is 2.56 bits per heavy atom. The van der Waals surface area contributed by atoms with Crippen LogP contribution in [0.1, 0.15) is 37.0 Å². The maximum absolute atomic E-state index is 12.9. The van der Waals surface area contributed by atoms with Crippen molar-refractivity contribution in [1.29, 1.82) is 5.26 Å². The highest BCUT2D eigenvalue weighted by Crippen LogP contribution is 2.20. The molecule has 96 valence electrons. The van der Waals surface area contributed by atoms with Gasteiger partial charge in [-0.1, -0.05) is 13.8 Å². The molecule has 0 unspecified atom stereocenters. The first-order chi connectivity index (χ1) is 8.48. The number of carbonyl (C=O) groups excluding carboxylic acids is 1. The molecule has 1 N–H and O–H groups in total. The van der Waals surface area contributed by atoms with E-state index >= 15 is 0 Å². The van der Waals surface area contributed by atoms with Gasteiger partial charge in [0.25, 0.3) is 5.91 Å². The van der Waals surface area contributed by atoms with E-state index in [0.717, 1.165) is 0 Å². The van der Waals surface area contributed by atoms with Gasteiger partial charge >= 0.3 is 0 Å². The first-order valence-electron chi connectivity index (χ1n) is 5.67. The van der Waals surface area contributed by atoms with Crippen LogP contribution >= 0.6 is 15.9 Å². The Balaban J connectivity index is 2.99. The number of nitrogens with one attached hydrogen (secondary N) is 1. The quantitative estimate of drug-likeness (QED) is 0.926. The summed E-state index contributed by atoms with van der Waals surface area (Å²) in [6, 6.07) is 5.95. The van der Waals surface area contributed by atoms with Crippen LogP contribution in [0, 0.1) is 17.1 Å². The number of nitriles is 1. The molecule has 1 amide bonds. The van der Waals surface area contributed by atoms with Crippen molar-refractivity contribution in [2.75, 3.05) is 0 Å². The highest BCUT2D eigenvalue weighted by Gasteiger charge is 2.28. The Labute approximate surface area is 114 Å². The van der Waals surface area contributed by atoms with E-state index in [9.17, 15) is 9.18 Å². The van der Waals surface area contributed by atoms with Gasteiger partial charge in [-0.3, -0.25) is 4.79 Å². The maximum Gasteiger partial charge on any atom is 0.253 e. The fourth-order valence-corrected chi connectivity index (χ4v) is 2.10. The predicted octanol–water partition coefficient (Wildman–Crippen LogP) is 3.40. The molecule has 0 bridgehead atoms. The number of carbonyl (C=O) groups is 1. The zero-order chi connectivity index (χ0) is 13.8. The van der Waals surface area contributed by atoms with Crippen molar-refractivity contribution in [1.82, 2.24) is 5.32 Å². The summed E-state index contributed by atoms with van der Waals surface area (Å²) in [5.74, 6) is -0.803. The van der Waals surface area contributed by atoms with E-state index in [1.54, 1.807) is 0 Å². The summed E-state index contributed by atoms with van der Waals surface area (Å²) in [7, 11) is 0. The zero-order valence-corrected chi connectivity index (χ0v) is 11.8. The smallest absolute Gasteiger partial charge is 0.253 e. The molecule has 0 atom stereocenters. The average molecular weight is 313 g/mol. The number of benzene rings is 1. The van der Waals surface area contributed by atoms with Gasteiger partial charge in [0.1, 0.15) is 11.4 Å². The molecule has 1 rings (SSSR count). The lowest BCUT2D eigenvalue weighted by atomic mass is 9.94. The Bertz CT molecular complexity index is 492. The molecule has 5 heteroatoms. The highest BCUT2D eigenvalue weighted by atomic mass is 79.9. The molecule has 0 aliphatic rings. The number of halogens is 2. The number of nitrogens with zero attached hydrogens (tertiary/aromatic N) is 1. The van der Waals surface area contributed by atoms with Gasteiger partial charge in [-0.15, -0.1) is 0 Å². The maximum atomic E-state index is 12.9. The fraction of sp³-hybridized carbons (Fsp3) is 0.385. The molecular weight excluding hydrogens is 299 g/mol. The van der Waals surface area contributed by atoms with E-state index in [1.807, 2.05) is 13.8 Å². The summed E-state index contributed by atoms with van der Waals surface area (Å²) in [5, 5.41) is 11.9. The topological polar surface area (TPSA) is 52.9 Å². The minimum atomic E-state index is -0.870. The summed E-state index contributed by atoms with van der Waals surface area (Å²) in [5.41, 5.74) is -0.553. The van der Waals surface area contributed by atoms with Crippen LogP contribution in [0.15, 0.2) is 22.7 Å². The Kier molecular flexibility index (Phi) is 4.85. The Morgan fingerprint density at radius 2 is 2.11 bits per heavy atom. The van der Waals surface area contributed by atoms with Gasteiger partial charge in [-0.05, 0) is 47.0 Å². The second-order valence-electron chi connectivity index (χ2n) is 3.98. The van der Waals surface area contributed by atoms with Gasteiger partial charge in [0.05, 0.1) is 11.6 Å². The number of amides is 1. The molecule has 0 heterocycles. The van der Waals surface area contributed by atoms with Crippen LogP contribution in [-0.2, 0) is 0 Å². The average Bonchev–Trinajstić information content (AvgIpc) is 2.36. The third kappa shape index (κ3) is 3.08. The van der Waals surface area contributed by atoms with E-state index in [-0.39, 0.29) is 5.91 Å². The Hall–Kier alpha value is -1.41. The van der Waals surface area contributed by atoms with E-state index in [1.165, 1.54) is 18.2 Å². The minimum Gasteiger partial charge on any atom is -0.334 e. The Morgan fingerprint density at radius 1 is 1.50 bits per heavy atom. The van der Waals surface area contributed by atoms with Crippen molar-refractivity contribution >= 4 is 21.8 Å².